The molecule has 0 bridgehead atoms. The summed E-state index contributed by atoms with van der Waals surface area (Å²) in [7, 11) is 1.65. The lowest BCUT2D eigenvalue weighted by molar-refractivity contribution is -0.123. The van der Waals surface area contributed by atoms with Gasteiger partial charge in [-0.2, -0.15) is 0 Å². The summed E-state index contributed by atoms with van der Waals surface area (Å²) in [6, 6.07) is 18.0. The first-order valence-corrected chi connectivity index (χ1v) is 7.72. The predicted molar refractivity (Wildman–Crippen MR) is 87.1 cm³/mol. The maximum absolute atomic E-state index is 12.6. The Morgan fingerprint density at radius 3 is 2.45 bits per heavy atom. The molecule has 1 amide bonds. The third-order valence-electron chi connectivity index (χ3n) is 4.35. The van der Waals surface area contributed by atoms with Crippen molar-refractivity contribution in [3.05, 3.63) is 65.7 Å². The zero-order chi connectivity index (χ0) is 15.4. The molecule has 0 spiro atoms. The lowest BCUT2D eigenvalue weighted by Gasteiger charge is -2.18. The minimum Gasteiger partial charge on any atom is -0.496 e. The molecule has 0 saturated heterocycles. The van der Waals surface area contributed by atoms with E-state index in [1.54, 1.807) is 7.11 Å². The molecule has 1 aliphatic rings. The van der Waals surface area contributed by atoms with Crippen LogP contribution in [0.25, 0.3) is 0 Å². The Hall–Kier alpha value is -2.29. The molecule has 0 heterocycles. The van der Waals surface area contributed by atoms with Crippen molar-refractivity contribution in [1.29, 1.82) is 0 Å². The van der Waals surface area contributed by atoms with Gasteiger partial charge in [0.25, 0.3) is 0 Å². The normalized spacial score (nSPS) is 15.1. The molecule has 0 unspecified atom stereocenters. The molecule has 1 saturated carbocycles. The van der Waals surface area contributed by atoms with Gasteiger partial charge in [-0.1, -0.05) is 48.5 Å². The van der Waals surface area contributed by atoms with Crippen LogP contribution in [0.4, 0.5) is 0 Å². The molecule has 2 aromatic carbocycles. The molecule has 1 fully saturated rings. The van der Waals surface area contributed by atoms with Crippen molar-refractivity contribution in [2.45, 2.75) is 24.7 Å². The first-order valence-electron chi connectivity index (χ1n) is 7.72. The van der Waals surface area contributed by atoms with E-state index in [2.05, 4.69) is 17.4 Å². The Morgan fingerprint density at radius 1 is 1.09 bits per heavy atom. The van der Waals surface area contributed by atoms with Crippen LogP contribution in [0.15, 0.2) is 54.6 Å². The summed E-state index contributed by atoms with van der Waals surface area (Å²) < 4.78 is 5.42. The summed E-state index contributed by atoms with van der Waals surface area (Å²) >= 11 is 0. The lowest BCUT2D eigenvalue weighted by atomic mass is 9.94. The van der Waals surface area contributed by atoms with E-state index in [1.807, 2.05) is 42.5 Å². The van der Waals surface area contributed by atoms with Gasteiger partial charge in [0.1, 0.15) is 5.75 Å². The predicted octanol–water partition coefficient (Wildman–Crippen LogP) is 3.09. The Bertz CT molecular complexity index is 647. The Kier molecular flexibility index (Phi) is 4.14. The van der Waals surface area contributed by atoms with Gasteiger partial charge in [0.15, 0.2) is 0 Å². The number of nitrogens with one attached hydrogen (secondary N) is 1. The average molecular weight is 295 g/mol. The number of amides is 1. The van der Waals surface area contributed by atoms with Crippen LogP contribution in [0, 0.1) is 0 Å². The molecule has 0 aliphatic heterocycles. The molecule has 114 valence electrons. The molecule has 22 heavy (non-hydrogen) atoms. The van der Waals surface area contributed by atoms with E-state index in [4.69, 9.17) is 4.74 Å². The van der Waals surface area contributed by atoms with Gasteiger partial charge in [0.2, 0.25) is 5.91 Å². The van der Waals surface area contributed by atoms with Gasteiger partial charge in [0, 0.05) is 12.1 Å². The van der Waals surface area contributed by atoms with Crippen LogP contribution in [-0.4, -0.2) is 19.6 Å². The summed E-state index contributed by atoms with van der Waals surface area (Å²) in [6.45, 7) is 0.666. The van der Waals surface area contributed by atoms with Gasteiger partial charge in [-0.25, -0.2) is 0 Å². The highest BCUT2D eigenvalue weighted by molar-refractivity contribution is 5.92. The highest BCUT2D eigenvalue weighted by Crippen LogP contribution is 2.51. The number of ether oxygens (including phenoxy) is 1. The van der Waals surface area contributed by atoms with Crippen LogP contribution in [-0.2, 0) is 16.6 Å². The van der Waals surface area contributed by atoms with Crippen molar-refractivity contribution in [3.63, 3.8) is 0 Å². The van der Waals surface area contributed by atoms with Crippen molar-refractivity contribution >= 4 is 5.91 Å². The SMILES string of the molecule is COc1ccccc1C1(C(=O)NCCc2ccccc2)CC1. The minimum absolute atomic E-state index is 0.118. The lowest BCUT2D eigenvalue weighted by Crippen LogP contribution is -2.36. The van der Waals surface area contributed by atoms with E-state index in [0.717, 1.165) is 30.6 Å². The maximum Gasteiger partial charge on any atom is 0.230 e. The van der Waals surface area contributed by atoms with E-state index >= 15 is 0 Å². The standard InChI is InChI=1S/C19H21NO2/c1-22-17-10-6-5-9-16(17)19(12-13-19)18(21)20-14-11-15-7-3-2-4-8-15/h2-10H,11-14H2,1H3,(H,20,21). The number of rotatable bonds is 6. The van der Waals surface area contributed by atoms with Crippen LogP contribution in [0.2, 0.25) is 0 Å². The second-order valence-electron chi connectivity index (χ2n) is 5.77. The Morgan fingerprint density at radius 2 is 1.77 bits per heavy atom. The van der Waals surface area contributed by atoms with E-state index in [1.165, 1.54) is 5.56 Å². The third-order valence-corrected chi connectivity index (χ3v) is 4.35. The number of carbonyl (C=O) groups is 1. The van der Waals surface area contributed by atoms with Gasteiger partial charge < -0.3 is 10.1 Å². The van der Waals surface area contributed by atoms with Gasteiger partial charge in [-0.15, -0.1) is 0 Å². The number of hydrogen-bond acceptors (Lipinski definition) is 2. The topological polar surface area (TPSA) is 38.3 Å². The number of carbonyl (C=O) groups excluding carboxylic acids is 1. The molecular weight excluding hydrogens is 274 g/mol. The highest BCUT2D eigenvalue weighted by atomic mass is 16.5. The van der Waals surface area contributed by atoms with Crippen molar-refractivity contribution in [3.8, 4) is 5.75 Å². The largest absolute Gasteiger partial charge is 0.496 e. The second kappa shape index (κ2) is 6.22. The molecule has 0 atom stereocenters. The number of para-hydroxylation sites is 1. The van der Waals surface area contributed by atoms with E-state index in [0.29, 0.717) is 6.54 Å². The van der Waals surface area contributed by atoms with Gasteiger partial charge >= 0.3 is 0 Å². The fourth-order valence-corrected chi connectivity index (χ4v) is 2.92. The van der Waals surface area contributed by atoms with Gasteiger partial charge in [-0.3, -0.25) is 4.79 Å². The van der Waals surface area contributed by atoms with Gasteiger partial charge in [-0.05, 0) is 30.9 Å². The fourth-order valence-electron chi connectivity index (χ4n) is 2.92. The molecule has 3 nitrogen and oxygen atoms in total. The highest BCUT2D eigenvalue weighted by Gasteiger charge is 2.52. The maximum atomic E-state index is 12.6. The summed E-state index contributed by atoms with van der Waals surface area (Å²) in [5, 5.41) is 3.09. The van der Waals surface area contributed by atoms with E-state index in [9.17, 15) is 4.79 Å². The van der Waals surface area contributed by atoms with Crippen molar-refractivity contribution in [2.75, 3.05) is 13.7 Å². The first kappa shape index (κ1) is 14.6. The molecule has 1 aliphatic carbocycles. The number of methoxy groups -OCH3 is 1. The monoisotopic (exact) mass is 295 g/mol. The fraction of sp³-hybridized carbons (Fsp3) is 0.316. The number of hydrogen-bond donors (Lipinski definition) is 1. The second-order valence-corrected chi connectivity index (χ2v) is 5.77. The minimum atomic E-state index is -0.386. The molecule has 2 aromatic rings. The molecule has 0 radical (unpaired) electrons. The Labute approximate surface area is 131 Å². The smallest absolute Gasteiger partial charge is 0.230 e. The quantitative estimate of drug-likeness (QED) is 0.889. The molecule has 3 heteroatoms. The van der Waals surface area contributed by atoms with Crippen LogP contribution in [0.1, 0.15) is 24.0 Å². The summed E-state index contributed by atoms with van der Waals surface area (Å²) in [4.78, 5) is 12.6. The average Bonchev–Trinajstić information content (AvgIpc) is 3.37. The first-order chi connectivity index (χ1) is 10.8. The van der Waals surface area contributed by atoms with E-state index in [-0.39, 0.29) is 11.3 Å². The third kappa shape index (κ3) is 2.84. The van der Waals surface area contributed by atoms with Crippen LogP contribution in [0.5, 0.6) is 5.75 Å². The summed E-state index contributed by atoms with van der Waals surface area (Å²) in [5.41, 5.74) is 1.86. The Balaban J connectivity index is 1.64. The van der Waals surface area contributed by atoms with Crippen LogP contribution >= 0.6 is 0 Å². The molecule has 1 N–H and O–H groups in total. The zero-order valence-corrected chi connectivity index (χ0v) is 12.8. The number of benzene rings is 2. The summed E-state index contributed by atoms with van der Waals surface area (Å²) in [6.07, 6.45) is 2.64. The zero-order valence-electron chi connectivity index (χ0n) is 12.8. The van der Waals surface area contributed by atoms with Crippen LogP contribution in [0.3, 0.4) is 0 Å². The van der Waals surface area contributed by atoms with Crippen molar-refractivity contribution in [2.24, 2.45) is 0 Å². The molecular formula is C19H21NO2. The molecule has 3 rings (SSSR count). The molecule has 0 aromatic heterocycles. The van der Waals surface area contributed by atoms with Crippen molar-refractivity contribution < 1.29 is 9.53 Å². The van der Waals surface area contributed by atoms with E-state index < -0.39 is 0 Å². The van der Waals surface area contributed by atoms with Crippen LogP contribution < -0.4 is 10.1 Å². The van der Waals surface area contributed by atoms with Gasteiger partial charge in [0.05, 0.1) is 12.5 Å². The summed E-state index contributed by atoms with van der Waals surface area (Å²) in [5.74, 6) is 0.922. The van der Waals surface area contributed by atoms with Crippen molar-refractivity contribution in [1.82, 2.24) is 5.32 Å².